The van der Waals surface area contributed by atoms with Crippen molar-refractivity contribution in [2.24, 2.45) is 0 Å². The van der Waals surface area contributed by atoms with Crippen LogP contribution in [-0.2, 0) is 14.8 Å². The van der Waals surface area contributed by atoms with Crippen molar-refractivity contribution < 1.29 is 17.5 Å². The van der Waals surface area contributed by atoms with Crippen molar-refractivity contribution in [1.29, 1.82) is 0 Å². The van der Waals surface area contributed by atoms with Crippen molar-refractivity contribution in [3.05, 3.63) is 24.0 Å². The lowest BCUT2D eigenvalue weighted by Gasteiger charge is -2.32. The van der Waals surface area contributed by atoms with Crippen LogP contribution in [0.5, 0.6) is 0 Å². The molecule has 1 unspecified atom stereocenters. The average Bonchev–Trinajstić information content (AvgIpc) is 2.45. The number of ether oxygens (including phenoxy) is 1. The van der Waals surface area contributed by atoms with Gasteiger partial charge in [-0.1, -0.05) is 6.92 Å². The highest BCUT2D eigenvalue weighted by Gasteiger charge is 2.31. The first-order chi connectivity index (χ1) is 9.95. The van der Waals surface area contributed by atoms with Gasteiger partial charge in [-0.2, -0.15) is 4.31 Å². The Balaban J connectivity index is 2.18. The van der Waals surface area contributed by atoms with Crippen LogP contribution in [0.4, 0.5) is 10.1 Å². The molecular weight excluding hydrogens is 295 g/mol. The number of nitrogens with zero attached hydrogens (tertiary/aromatic N) is 1. The fraction of sp³-hybridized carbons (Fsp3) is 0.571. The molecule has 5 nitrogen and oxygen atoms in total. The van der Waals surface area contributed by atoms with Crippen LogP contribution in [0.3, 0.4) is 0 Å². The van der Waals surface area contributed by atoms with Gasteiger partial charge in [0, 0.05) is 19.7 Å². The Kier molecular flexibility index (Phi) is 5.18. The van der Waals surface area contributed by atoms with Crippen LogP contribution < -0.4 is 5.73 Å². The number of anilines is 1. The molecule has 7 heteroatoms. The van der Waals surface area contributed by atoms with Crippen molar-refractivity contribution in [2.75, 3.05) is 25.4 Å². The lowest BCUT2D eigenvalue weighted by Crippen LogP contribution is -2.43. The molecule has 21 heavy (non-hydrogen) atoms. The van der Waals surface area contributed by atoms with Crippen LogP contribution in [0, 0.1) is 5.82 Å². The molecule has 0 spiro atoms. The summed E-state index contributed by atoms with van der Waals surface area (Å²) in [5.41, 5.74) is 5.59. The number of nitrogens with two attached hydrogens (primary N) is 1. The Hall–Kier alpha value is -1.18. The molecule has 2 N–H and O–H groups in total. The molecule has 1 aliphatic heterocycles. The summed E-state index contributed by atoms with van der Waals surface area (Å²) >= 11 is 0. The van der Waals surface area contributed by atoms with Gasteiger partial charge in [0.15, 0.2) is 0 Å². The molecule has 0 radical (unpaired) electrons. The number of hydrogen-bond donors (Lipinski definition) is 1. The molecule has 1 heterocycles. The fourth-order valence-corrected chi connectivity index (χ4v) is 4.04. The first-order valence-corrected chi connectivity index (χ1v) is 8.56. The van der Waals surface area contributed by atoms with Gasteiger partial charge >= 0.3 is 0 Å². The third-order valence-electron chi connectivity index (χ3n) is 3.49. The van der Waals surface area contributed by atoms with E-state index in [1.165, 1.54) is 10.4 Å². The first kappa shape index (κ1) is 16.2. The summed E-state index contributed by atoms with van der Waals surface area (Å²) in [5, 5.41) is 0. The highest BCUT2D eigenvalue weighted by molar-refractivity contribution is 7.89. The summed E-state index contributed by atoms with van der Waals surface area (Å²) in [6.07, 6.45) is 2.41. The summed E-state index contributed by atoms with van der Waals surface area (Å²) in [5.74, 6) is -0.547. The van der Waals surface area contributed by atoms with Gasteiger partial charge in [0.1, 0.15) is 10.7 Å². The van der Waals surface area contributed by atoms with E-state index < -0.39 is 15.8 Å². The number of benzene rings is 1. The van der Waals surface area contributed by atoms with Gasteiger partial charge in [0.2, 0.25) is 10.0 Å². The van der Waals surface area contributed by atoms with Crippen LogP contribution in [0.25, 0.3) is 0 Å². The minimum absolute atomic E-state index is 0.0416. The molecule has 0 amide bonds. The Morgan fingerprint density at radius 2 is 2.24 bits per heavy atom. The van der Waals surface area contributed by atoms with Gasteiger partial charge in [-0.05, 0) is 37.5 Å². The van der Waals surface area contributed by atoms with E-state index in [9.17, 15) is 12.8 Å². The lowest BCUT2D eigenvalue weighted by atomic mass is 10.1. The zero-order chi connectivity index (χ0) is 15.5. The summed E-state index contributed by atoms with van der Waals surface area (Å²) in [6, 6.07) is 3.36. The van der Waals surface area contributed by atoms with E-state index in [1.54, 1.807) is 0 Å². The molecule has 0 saturated carbocycles. The van der Waals surface area contributed by atoms with Crippen LogP contribution in [0.1, 0.15) is 26.2 Å². The number of halogens is 1. The highest BCUT2D eigenvalue weighted by atomic mass is 32.2. The van der Waals surface area contributed by atoms with Crippen LogP contribution >= 0.6 is 0 Å². The number of nitrogen functional groups attached to an aromatic ring is 1. The molecule has 1 saturated heterocycles. The molecule has 118 valence electrons. The Bertz CT molecular complexity index is 592. The van der Waals surface area contributed by atoms with Crippen molar-refractivity contribution >= 4 is 15.7 Å². The molecule has 1 aromatic carbocycles. The van der Waals surface area contributed by atoms with Gasteiger partial charge in [0.05, 0.1) is 11.8 Å². The molecule has 0 aromatic heterocycles. The zero-order valence-electron chi connectivity index (χ0n) is 12.1. The van der Waals surface area contributed by atoms with Crippen LogP contribution in [0.2, 0.25) is 0 Å². The van der Waals surface area contributed by atoms with E-state index in [1.807, 2.05) is 6.92 Å². The van der Waals surface area contributed by atoms with Crippen molar-refractivity contribution in [2.45, 2.75) is 37.2 Å². The van der Waals surface area contributed by atoms with E-state index in [0.29, 0.717) is 19.7 Å². The second kappa shape index (κ2) is 6.72. The zero-order valence-corrected chi connectivity index (χ0v) is 12.9. The summed E-state index contributed by atoms with van der Waals surface area (Å²) in [6.45, 7) is 3.39. The van der Waals surface area contributed by atoms with E-state index in [2.05, 4.69) is 0 Å². The largest absolute Gasteiger partial charge is 0.398 e. The third kappa shape index (κ3) is 3.72. The maximum absolute atomic E-state index is 13.1. The highest BCUT2D eigenvalue weighted by Crippen LogP contribution is 2.26. The standard InChI is InChI=1S/C14H21FN2O3S/c1-2-8-20-12-4-3-7-17(10-12)21(18,19)14-6-5-11(15)9-13(14)16/h5-6,9,12H,2-4,7-8,10,16H2,1H3. The number of sulfonamides is 1. The molecule has 1 atom stereocenters. The van der Waals surface area contributed by atoms with E-state index in [-0.39, 0.29) is 16.7 Å². The normalized spacial score (nSPS) is 20.6. The summed E-state index contributed by atoms with van der Waals surface area (Å²) < 4.78 is 45.3. The second-order valence-electron chi connectivity index (χ2n) is 5.18. The Morgan fingerprint density at radius 1 is 1.48 bits per heavy atom. The van der Waals surface area contributed by atoms with Crippen LogP contribution in [0.15, 0.2) is 23.1 Å². The smallest absolute Gasteiger partial charge is 0.245 e. The van der Waals surface area contributed by atoms with Gasteiger partial charge < -0.3 is 10.5 Å². The molecule has 2 rings (SSSR count). The third-order valence-corrected chi connectivity index (χ3v) is 5.43. The van der Waals surface area contributed by atoms with E-state index in [0.717, 1.165) is 31.4 Å². The van der Waals surface area contributed by atoms with E-state index in [4.69, 9.17) is 10.5 Å². The Morgan fingerprint density at radius 3 is 2.90 bits per heavy atom. The number of piperidine rings is 1. The van der Waals surface area contributed by atoms with Gasteiger partial charge in [0.25, 0.3) is 0 Å². The van der Waals surface area contributed by atoms with E-state index >= 15 is 0 Å². The molecule has 1 aromatic rings. The first-order valence-electron chi connectivity index (χ1n) is 7.12. The molecular formula is C14H21FN2O3S. The number of rotatable bonds is 5. The molecule has 0 bridgehead atoms. The van der Waals surface area contributed by atoms with Gasteiger partial charge in [-0.15, -0.1) is 0 Å². The maximum Gasteiger partial charge on any atom is 0.245 e. The molecule has 0 aliphatic carbocycles. The number of hydrogen-bond acceptors (Lipinski definition) is 4. The second-order valence-corrected chi connectivity index (χ2v) is 7.09. The van der Waals surface area contributed by atoms with Crippen molar-refractivity contribution in [1.82, 2.24) is 4.31 Å². The quantitative estimate of drug-likeness (QED) is 0.843. The SMILES string of the molecule is CCCOC1CCCN(S(=O)(=O)c2ccc(F)cc2N)C1. The lowest BCUT2D eigenvalue weighted by molar-refractivity contribution is 0.0193. The monoisotopic (exact) mass is 316 g/mol. The van der Waals surface area contributed by atoms with Gasteiger partial charge in [-0.25, -0.2) is 12.8 Å². The maximum atomic E-state index is 13.1. The minimum Gasteiger partial charge on any atom is -0.398 e. The summed E-state index contributed by atoms with van der Waals surface area (Å²) in [7, 11) is -3.71. The average molecular weight is 316 g/mol. The Labute approximate surface area is 124 Å². The predicted molar refractivity (Wildman–Crippen MR) is 78.8 cm³/mol. The van der Waals surface area contributed by atoms with Gasteiger partial charge in [-0.3, -0.25) is 0 Å². The van der Waals surface area contributed by atoms with Crippen molar-refractivity contribution in [3.63, 3.8) is 0 Å². The molecule has 1 aliphatic rings. The predicted octanol–water partition coefficient (Wildman–Crippen LogP) is 1.99. The molecule has 1 fully saturated rings. The fourth-order valence-electron chi connectivity index (χ4n) is 2.44. The van der Waals surface area contributed by atoms with Crippen molar-refractivity contribution in [3.8, 4) is 0 Å². The topological polar surface area (TPSA) is 72.6 Å². The van der Waals surface area contributed by atoms with Crippen LogP contribution in [-0.4, -0.2) is 38.5 Å². The summed E-state index contributed by atoms with van der Waals surface area (Å²) in [4.78, 5) is -0.0416. The minimum atomic E-state index is -3.71.